The molecule has 29 heavy (non-hydrogen) atoms. The third-order valence-electron chi connectivity index (χ3n) is 4.36. The van der Waals surface area contributed by atoms with Gasteiger partial charge in [-0.25, -0.2) is 0 Å². The minimum atomic E-state index is -0.662. The van der Waals surface area contributed by atoms with Crippen molar-refractivity contribution in [2.75, 3.05) is 20.8 Å². The highest BCUT2D eigenvalue weighted by molar-refractivity contribution is 6.08. The number of carbonyl (C=O) groups excluding carboxylic acids is 3. The van der Waals surface area contributed by atoms with E-state index < -0.39 is 17.9 Å². The van der Waals surface area contributed by atoms with E-state index in [-0.39, 0.29) is 41.0 Å². The molecule has 1 aliphatic rings. The first-order chi connectivity index (χ1) is 13.8. The fourth-order valence-electron chi connectivity index (χ4n) is 3.11. The van der Waals surface area contributed by atoms with Gasteiger partial charge < -0.3 is 23.7 Å². The van der Waals surface area contributed by atoms with E-state index in [4.69, 9.17) is 23.7 Å². The minimum absolute atomic E-state index is 0.00861. The van der Waals surface area contributed by atoms with Crippen molar-refractivity contribution in [3.8, 4) is 28.7 Å². The Bertz CT molecular complexity index is 962. The summed E-state index contributed by atoms with van der Waals surface area (Å²) >= 11 is 0. The molecule has 0 aromatic heterocycles. The molecule has 3 rings (SSSR count). The molecule has 8 heteroatoms. The van der Waals surface area contributed by atoms with E-state index in [0.29, 0.717) is 5.75 Å². The van der Waals surface area contributed by atoms with Crippen LogP contribution in [0.3, 0.4) is 0 Å². The summed E-state index contributed by atoms with van der Waals surface area (Å²) in [5.74, 6) is -1.57. The van der Waals surface area contributed by atoms with Gasteiger partial charge in [0.2, 0.25) is 5.75 Å². The van der Waals surface area contributed by atoms with Crippen molar-refractivity contribution >= 4 is 17.7 Å². The first-order valence-corrected chi connectivity index (χ1v) is 8.78. The number of hydrogen-bond acceptors (Lipinski definition) is 8. The second kappa shape index (κ2) is 8.22. The molecule has 1 aliphatic heterocycles. The lowest BCUT2D eigenvalue weighted by molar-refractivity contribution is -0.132. The van der Waals surface area contributed by atoms with Gasteiger partial charge in [-0.1, -0.05) is 12.1 Å². The average molecular weight is 400 g/mol. The summed E-state index contributed by atoms with van der Waals surface area (Å²) in [7, 11) is 2.87. The molecule has 0 fully saturated rings. The molecule has 0 spiro atoms. The lowest BCUT2D eigenvalue weighted by atomic mass is 9.88. The Morgan fingerprint density at radius 3 is 2.17 bits per heavy atom. The normalized spacial score (nSPS) is 15.0. The zero-order chi connectivity index (χ0) is 21.1. The predicted octanol–water partition coefficient (Wildman–Crippen LogP) is 2.91. The van der Waals surface area contributed by atoms with Crippen LogP contribution < -0.4 is 23.7 Å². The van der Waals surface area contributed by atoms with Crippen molar-refractivity contribution < 1.29 is 38.1 Å². The second-order valence-corrected chi connectivity index (χ2v) is 6.30. The summed E-state index contributed by atoms with van der Waals surface area (Å²) < 4.78 is 26.6. The Labute approximate surface area is 167 Å². The number of rotatable bonds is 5. The zero-order valence-electron chi connectivity index (χ0n) is 16.4. The van der Waals surface area contributed by atoms with Crippen molar-refractivity contribution in [3.05, 3.63) is 41.5 Å². The van der Waals surface area contributed by atoms with Crippen LogP contribution in [0.1, 0.15) is 35.7 Å². The van der Waals surface area contributed by atoms with Gasteiger partial charge in [0.15, 0.2) is 17.3 Å². The molecular weight excluding hydrogens is 380 g/mol. The summed E-state index contributed by atoms with van der Waals surface area (Å²) in [6, 6.07) is 8.41. The maximum atomic E-state index is 13.3. The van der Waals surface area contributed by atoms with Gasteiger partial charge in [-0.2, -0.15) is 0 Å². The summed E-state index contributed by atoms with van der Waals surface area (Å²) in [5, 5.41) is 0. The number of fused-ring (bicyclic) bond motifs is 1. The van der Waals surface area contributed by atoms with Crippen molar-refractivity contribution in [2.24, 2.45) is 0 Å². The van der Waals surface area contributed by atoms with E-state index in [0.717, 1.165) is 5.56 Å². The van der Waals surface area contributed by atoms with Crippen LogP contribution in [0.2, 0.25) is 0 Å². The van der Waals surface area contributed by atoms with Gasteiger partial charge in [-0.15, -0.1) is 0 Å². The molecule has 0 radical (unpaired) electrons. The van der Waals surface area contributed by atoms with Crippen molar-refractivity contribution in [3.63, 3.8) is 0 Å². The molecule has 1 heterocycles. The van der Waals surface area contributed by atoms with Crippen molar-refractivity contribution in [2.45, 2.75) is 19.8 Å². The van der Waals surface area contributed by atoms with Crippen LogP contribution in [0, 0.1) is 0 Å². The van der Waals surface area contributed by atoms with Crippen molar-refractivity contribution in [1.29, 1.82) is 0 Å². The predicted molar refractivity (Wildman–Crippen MR) is 101 cm³/mol. The van der Waals surface area contributed by atoms with Crippen molar-refractivity contribution in [1.82, 2.24) is 0 Å². The van der Waals surface area contributed by atoms with Crippen LogP contribution in [-0.4, -0.2) is 38.5 Å². The number of carbonyl (C=O) groups is 3. The first-order valence-electron chi connectivity index (χ1n) is 8.78. The largest absolute Gasteiger partial charge is 0.497 e. The van der Waals surface area contributed by atoms with Gasteiger partial charge in [-0.3, -0.25) is 14.4 Å². The second-order valence-electron chi connectivity index (χ2n) is 6.30. The summed E-state index contributed by atoms with van der Waals surface area (Å²) in [5.41, 5.74) is 0.776. The van der Waals surface area contributed by atoms with Gasteiger partial charge in [0.25, 0.3) is 0 Å². The molecule has 0 aliphatic carbocycles. The summed E-state index contributed by atoms with van der Waals surface area (Å²) in [6.07, 6.45) is 0. The van der Waals surface area contributed by atoms with E-state index in [2.05, 4.69) is 0 Å². The molecule has 2 aromatic carbocycles. The summed E-state index contributed by atoms with van der Waals surface area (Å²) in [4.78, 5) is 36.4. The number of Topliss-reactive ketones (excluding diaryl/α,β-unsaturated/α-hetero) is 1. The van der Waals surface area contributed by atoms with E-state index in [1.165, 1.54) is 27.0 Å². The molecule has 0 bridgehead atoms. The standard InChI is InChI=1S/C21H20O8/c1-11(22)28-17-9-16-18(21(20(17)26-4)29-12(2)23)19(24)15(10-27-16)13-5-7-14(25-3)8-6-13/h5-9,15H,10H2,1-4H3. The fraction of sp³-hybridized carbons (Fsp3) is 0.286. The van der Waals surface area contributed by atoms with E-state index >= 15 is 0 Å². The molecule has 1 atom stereocenters. The Kier molecular flexibility index (Phi) is 5.72. The van der Waals surface area contributed by atoms with Gasteiger partial charge in [-0.05, 0) is 17.7 Å². The average Bonchev–Trinajstić information content (AvgIpc) is 2.67. The van der Waals surface area contributed by atoms with Crippen LogP contribution in [0.4, 0.5) is 0 Å². The highest BCUT2D eigenvalue weighted by atomic mass is 16.6. The third-order valence-corrected chi connectivity index (χ3v) is 4.36. The van der Waals surface area contributed by atoms with Gasteiger partial charge in [0.1, 0.15) is 23.7 Å². The lowest BCUT2D eigenvalue weighted by Crippen LogP contribution is -2.27. The van der Waals surface area contributed by atoms with E-state index in [1.54, 1.807) is 31.4 Å². The van der Waals surface area contributed by atoms with Crippen LogP contribution in [0.15, 0.2) is 30.3 Å². The Hall–Kier alpha value is -3.55. The number of ether oxygens (including phenoxy) is 5. The number of methoxy groups -OCH3 is 2. The lowest BCUT2D eigenvalue weighted by Gasteiger charge is -2.27. The molecule has 8 nitrogen and oxygen atoms in total. The molecule has 0 amide bonds. The smallest absolute Gasteiger partial charge is 0.308 e. The van der Waals surface area contributed by atoms with Crippen LogP contribution in [0.25, 0.3) is 0 Å². The molecule has 0 saturated heterocycles. The number of benzene rings is 2. The zero-order valence-corrected chi connectivity index (χ0v) is 16.4. The van der Waals surface area contributed by atoms with E-state index in [1.807, 2.05) is 0 Å². The van der Waals surface area contributed by atoms with Crippen LogP contribution in [-0.2, 0) is 9.59 Å². The fourth-order valence-corrected chi connectivity index (χ4v) is 3.11. The van der Waals surface area contributed by atoms with E-state index in [9.17, 15) is 14.4 Å². The molecule has 0 saturated carbocycles. The maximum absolute atomic E-state index is 13.3. The minimum Gasteiger partial charge on any atom is -0.497 e. The Morgan fingerprint density at radius 1 is 0.966 bits per heavy atom. The number of hydrogen-bond donors (Lipinski definition) is 0. The summed E-state index contributed by atoms with van der Waals surface area (Å²) in [6.45, 7) is 2.49. The van der Waals surface area contributed by atoms with Gasteiger partial charge in [0.05, 0.1) is 20.1 Å². The van der Waals surface area contributed by atoms with Gasteiger partial charge in [0, 0.05) is 19.9 Å². The SMILES string of the molecule is COc1ccc(C2COc3cc(OC(C)=O)c(OC)c(OC(C)=O)c3C2=O)cc1. The highest BCUT2D eigenvalue weighted by Crippen LogP contribution is 2.49. The quantitative estimate of drug-likeness (QED) is 0.558. The Balaban J connectivity index is 2.12. The highest BCUT2D eigenvalue weighted by Gasteiger charge is 2.37. The number of esters is 2. The van der Waals surface area contributed by atoms with Crippen LogP contribution in [0.5, 0.6) is 28.7 Å². The molecule has 0 N–H and O–H groups in total. The molecule has 152 valence electrons. The monoisotopic (exact) mass is 400 g/mol. The number of ketones is 1. The maximum Gasteiger partial charge on any atom is 0.308 e. The third kappa shape index (κ3) is 4.01. The molecule has 2 aromatic rings. The molecule has 1 unspecified atom stereocenters. The van der Waals surface area contributed by atoms with Crippen LogP contribution >= 0.6 is 0 Å². The first kappa shape index (κ1) is 20.2. The van der Waals surface area contributed by atoms with Gasteiger partial charge >= 0.3 is 11.9 Å². The molecular formula is C21H20O8. The topological polar surface area (TPSA) is 97.4 Å². The Morgan fingerprint density at radius 2 is 1.62 bits per heavy atom.